The zero-order valence-corrected chi connectivity index (χ0v) is 18.1. The fourth-order valence-electron chi connectivity index (χ4n) is 2.88. The SMILES string of the molecule is CCN(Cc1ccccc1)C(=O)CNC(=NC)NC1CN(C(=O)OC(C)(C)C)C1. The molecule has 0 aromatic heterocycles. The van der Waals surface area contributed by atoms with Gasteiger partial charge in [-0.25, -0.2) is 4.79 Å². The zero-order valence-electron chi connectivity index (χ0n) is 18.1. The summed E-state index contributed by atoms with van der Waals surface area (Å²) in [6, 6.07) is 10.0. The minimum atomic E-state index is -0.502. The van der Waals surface area contributed by atoms with Crippen LogP contribution in [0.5, 0.6) is 0 Å². The van der Waals surface area contributed by atoms with Crippen LogP contribution in [0, 0.1) is 0 Å². The number of benzene rings is 1. The van der Waals surface area contributed by atoms with E-state index >= 15 is 0 Å². The molecular formula is C21H33N5O3. The summed E-state index contributed by atoms with van der Waals surface area (Å²) in [6.45, 7) is 9.96. The van der Waals surface area contributed by atoms with Crippen molar-refractivity contribution >= 4 is 18.0 Å². The van der Waals surface area contributed by atoms with E-state index in [1.54, 1.807) is 16.8 Å². The summed E-state index contributed by atoms with van der Waals surface area (Å²) < 4.78 is 5.35. The molecule has 0 radical (unpaired) electrons. The maximum Gasteiger partial charge on any atom is 0.410 e. The van der Waals surface area contributed by atoms with Gasteiger partial charge in [-0.3, -0.25) is 9.79 Å². The monoisotopic (exact) mass is 403 g/mol. The first-order valence-corrected chi connectivity index (χ1v) is 9.98. The molecule has 8 heteroatoms. The Morgan fingerprint density at radius 1 is 1.24 bits per heavy atom. The summed E-state index contributed by atoms with van der Waals surface area (Å²) >= 11 is 0. The number of hydrogen-bond donors (Lipinski definition) is 2. The summed E-state index contributed by atoms with van der Waals surface area (Å²) in [7, 11) is 1.66. The molecule has 160 valence electrons. The molecule has 29 heavy (non-hydrogen) atoms. The Labute approximate surface area is 173 Å². The number of likely N-dealkylation sites (tertiary alicyclic amines) is 1. The van der Waals surface area contributed by atoms with Gasteiger partial charge in [0.05, 0.1) is 12.6 Å². The second kappa shape index (κ2) is 10.1. The Kier molecular flexibility index (Phi) is 7.87. The van der Waals surface area contributed by atoms with E-state index in [0.29, 0.717) is 32.1 Å². The molecule has 1 aromatic rings. The lowest BCUT2D eigenvalue weighted by molar-refractivity contribution is -0.130. The Bertz CT molecular complexity index is 709. The molecule has 1 aromatic carbocycles. The number of amides is 2. The van der Waals surface area contributed by atoms with Crippen molar-refractivity contribution in [1.29, 1.82) is 0 Å². The van der Waals surface area contributed by atoms with Crippen LogP contribution in [-0.2, 0) is 16.1 Å². The van der Waals surface area contributed by atoms with Crippen LogP contribution in [0.1, 0.15) is 33.3 Å². The normalized spacial score (nSPS) is 14.8. The van der Waals surface area contributed by atoms with Gasteiger partial charge in [0.15, 0.2) is 5.96 Å². The van der Waals surface area contributed by atoms with E-state index in [1.165, 1.54) is 0 Å². The van der Waals surface area contributed by atoms with Crippen molar-refractivity contribution in [3.8, 4) is 0 Å². The number of likely N-dealkylation sites (N-methyl/N-ethyl adjacent to an activating group) is 1. The minimum Gasteiger partial charge on any atom is -0.444 e. The lowest BCUT2D eigenvalue weighted by Crippen LogP contribution is -2.63. The number of carbonyl (C=O) groups excluding carboxylic acids is 2. The third kappa shape index (κ3) is 7.29. The smallest absolute Gasteiger partial charge is 0.410 e. The van der Waals surface area contributed by atoms with Gasteiger partial charge in [0, 0.05) is 33.2 Å². The van der Waals surface area contributed by atoms with Gasteiger partial charge in [-0.15, -0.1) is 0 Å². The molecule has 1 heterocycles. The van der Waals surface area contributed by atoms with Crippen molar-refractivity contribution in [2.24, 2.45) is 4.99 Å². The van der Waals surface area contributed by atoms with E-state index < -0.39 is 5.60 Å². The fraction of sp³-hybridized carbons (Fsp3) is 0.571. The first-order valence-electron chi connectivity index (χ1n) is 9.98. The van der Waals surface area contributed by atoms with E-state index in [0.717, 1.165) is 5.56 Å². The van der Waals surface area contributed by atoms with Crippen molar-refractivity contribution in [3.05, 3.63) is 35.9 Å². The lowest BCUT2D eigenvalue weighted by Gasteiger charge is -2.40. The second-order valence-corrected chi connectivity index (χ2v) is 8.05. The van der Waals surface area contributed by atoms with Crippen molar-refractivity contribution < 1.29 is 14.3 Å². The van der Waals surface area contributed by atoms with Gasteiger partial charge in [-0.2, -0.15) is 0 Å². The van der Waals surface area contributed by atoms with Gasteiger partial charge in [0.1, 0.15) is 5.60 Å². The molecule has 1 aliphatic rings. The Morgan fingerprint density at radius 2 is 1.90 bits per heavy atom. The largest absolute Gasteiger partial charge is 0.444 e. The van der Waals surface area contributed by atoms with Crippen LogP contribution in [0.4, 0.5) is 4.79 Å². The topological polar surface area (TPSA) is 86.3 Å². The predicted octanol–water partition coefficient (Wildman–Crippen LogP) is 1.82. The summed E-state index contributed by atoms with van der Waals surface area (Å²) in [4.78, 5) is 32.2. The van der Waals surface area contributed by atoms with Crippen LogP contribution in [0.2, 0.25) is 0 Å². The standard InChI is InChI=1S/C21H33N5O3/c1-6-25(13-16-10-8-7-9-11-16)18(27)12-23-19(22-5)24-17-14-26(15-17)20(28)29-21(2,3)4/h7-11,17H,6,12-15H2,1-5H3,(H2,22,23,24). The summed E-state index contributed by atoms with van der Waals surface area (Å²) in [5.41, 5.74) is 0.597. The number of hydrogen-bond acceptors (Lipinski definition) is 4. The Balaban J connectivity index is 1.75. The third-order valence-corrected chi connectivity index (χ3v) is 4.46. The van der Waals surface area contributed by atoms with Crippen LogP contribution >= 0.6 is 0 Å². The quantitative estimate of drug-likeness (QED) is 0.559. The van der Waals surface area contributed by atoms with Gasteiger partial charge in [0.2, 0.25) is 5.91 Å². The molecule has 0 spiro atoms. The minimum absolute atomic E-state index is 0.00305. The molecule has 2 N–H and O–H groups in total. The molecule has 1 saturated heterocycles. The van der Waals surface area contributed by atoms with E-state index in [4.69, 9.17) is 4.74 Å². The van der Waals surface area contributed by atoms with Crippen molar-refractivity contribution in [2.75, 3.05) is 33.2 Å². The van der Waals surface area contributed by atoms with Crippen LogP contribution in [0.3, 0.4) is 0 Å². The molecule has 0 bridgehead atoms. The predicted molar refractivity (Wildman–Crippen MR) is 114 cm³/mol. The average molecular weight is 404 g/mol. The average Bonchev–Trinajstić information content (AvgIpc) is 2.63. The molecule has 0 saturated carbocycles. The molecule has 8 nitrogen and oxygen atoms in total. The summed E-state index contributed by atoms with van der Waals surface area (Å²) in [5.74, 6) is 0.547. The maximum absolute atomic E-state index is 12.6. The number of nitrogens with zero attached hydrogens (tertiary/aromatic N) is 3. The molecule has 2 rings (SSSR count). The van der Waals surface area contributed by atoms with Gasteiger partial charge >= 0.3 is 6.09 Å². The highest BCUT2D eigenvalue weighted by atomic mass is 16.6. The van der Waals surface area contributed by atoms with Crippen molar-refractivity contribution in [3.63, 3.8) is 0 Å². The summed E-state index contributed by atoms with van der Waals surface area (Å²) in [6.07, 6.45) is -0.312. The van der Waals surface area contributed by atoms with E-state index in [2.05, 4.69) is 15.6 Å². The number of guanidine groups is 1. The summed E-state index contributed by atoms with van der Waals surface area (Å²) in [5, 5.41) is 6.30. The molecule has 2 amide bonds. The van der Waals surface area contributed by atoms with Crippen molar-refractivity contribution in [1.82, 2.24) is 20.4 Å². The molecule has 1 fully saturated rings. The maximum atomic E-state index is 12.6. The van der Waals surface area contributed by atoms with Crippen LogP contribution < -0.4 is 10.6 Å². The highest BCUT2D eigenvalue weighted by Gasteiger charge is 2.34. The number of carbonyl (C=O) groups is 2. The van der Waals surface area contributed by atoms with Crippen molar-refractivity contribution in [2.45, 2.75) is 45.9 Å². The third-order valence-electron chi connectivity index (χ3n) is 4.46. The van der Waals surface area contributed by atoms with E-state index in [1.807, 2.05) is 58.0 Å². The first-order chi connectivity index (χ1) is 13.7. The Hall–Kier alpha value is -2.77. The molecule has 1 aliphatic heterocycles. The number of aliphatic imine (C=N–C) groups is 1. The number of ether oxygens (including phenoxy) is 1. The Morgan fingerprint density at radius 3 is 2.45 bits per heavy atom. The molecular weight excluding hydrogens is 370 g/mol. The van der Waals surface area contributed by atoms with Crippen LogP contribution in [0.15, 0.2) is 35.3 Å². The fourth-order valence-corrected chi connectivity index (χ4v) is 2.88. The molecule has 0 aliphatic carbocycles. The molecule has 0 unspecified atom stereocenters. The van der Waals surface area contributed by atoms with E-state index in [-0.39, 0.29) is 24.6 Å². The van der Waals surface area contributed by atoms with Gasteiger partial charge in [-0.1, -0.05) is 30.3 Å². The van der Waals surface area contributed by atoms with Crippen LogP contribution in [-0.4, -0.2) is 72.6 Å². The van der Waals surface area contributed by atoms with Crippen LogP contribution in [0.25, 0.3) is 0 Å². The second-order valence-electron chi connectivity index (χ2n) is 8.05. The highest BCUT2D eigenvalue weighted by molar-refractivity contribution is 5.86. The number of rotatable bonds is 6. The van der Waals surface area contributed by atoms with E-state index in [9.17, 15) is 9.59 Å². The number of nitrogens with one attached hydrogen (secondary N) is 2. The highest BCUT2D eigenvalue weighted by Crippen LogP contribution is 2.15. The van der Waals surface area contributed by atoms with Gasteiger partial charge in [-0.05, 0) is 33.3 Å². The van der Waals surface area contributed by atoms with Gasteiger partial charge < -0.3 is 25.2 Å². The zero-order chi connectivity index (χ0) is 21.4. The molecule has 0 atom stereocenters. The first kappa shape index (κ1) is 22.5. The lowest BCUT2D eigenvalue weighted by atomic mass is 10.1. The van der Waals surface area contributed by atoms with Gasteiger partial charge in [0.25, 0.3) is 0 Å².